The van der Waals surface area contributed by atoms with Crippen LogP contribution in [0.3, 0.4) is 0 Å². The SMILES string of the molecule is CC1(C)CC(c2cccc(C(F)(F)F)n2)C=C(C#N)C1=O. The van der Waals surface area contributed by atoms with E-state index in [1.165, 1.54) is 18.2 Å². The first-order valence-corrected chi connectivity index (χ1v) is 6.36. The molecule has 1 aliphatic rings. The Balaban J connectivity index is 2.46. The molecule has 0 N–H and O–H groups in total. The van der Waals surface area contributed by atoms with Crippen molar-refractivity contribution in [2.45, 2.75) is 32.4 Å². The number of alkyl halides is 3. The Bertz CT molecular complexity index is 654. The van der Waals surface area contributed by atoms with Crippen LogP contribution in [0.4, 0.5) is 13.2 Å². The quantitative estimate of drug-likeness (QED) is 0.794. The van der Waals surface area contributed by atoms with Gasteiger partial charge in [-0.3, -0.25) is 4.79 Å². The third-order valence-corrected chi connectivity index (χ3v) is 3.52. The molecule has 0 aliphatic heterocycles. The second kappa shape index (κ2) is 4.99. The van der Waals surface area contributed by atoms with Crippen LogP contribution in [0, 0.1) is 16.7 Å². The average Bonchev–Trinajstić information content (AvgIpc) is 2.41. The molecule has 0 fully saturated rings. The number of ketones is 1. The summed E-state index contributed by atoms with van der Waals surface area (Å²) in [7, 11) is 0. The van der Waals surface area contributed by atoms with Crippen LogP contribution in [0.2, 0.25) is 0 Å². The highest BCUT2D eigenvalue weighted by Gasteiger charge is 2.39. The van der Waals surface area contributed by atoms with Crippen LogP contribution >= 0.6 is 0 Å². The smallest absolute Gasteiger partial charge is 0.293 e. The first-order chi connectivity index (χ1) is 9.65. The average molecular weight is 294 g/mol. The van der Waals surface area contributed by atoms with Crippen LogP contribution in [0.15, 0.2) is 29.8 Å². The van der Waals surface area contributed by atoms with Gasteiger partial charge in [0.25, 0.3) is 0 Å². The third kappa shape index (κ3) is 2.97. The highest BCUT2D eigenvalue weighted by Crippen LogP contribution is 2.40. The molecule has 0 saturated carbocycles. The van der Waals surface area contributed by atoms with Gasteiger partial charge in [-0.05, 0) is 18.6 Å². The van der Waals surface area contributed by atoms with Crippen molar-refractivity contribution in [2.24, 2.45) is 5.41 Å². The fraction of sp³-hybridized carbons (Fsp3) is 0.400. The monoisotopic (exact) mass is 294 g/mol. The molecule has 1 heterocycles. The highest BCUT2D eigenvalue weighted by atomic mass is 19.4. The molecular formula is C15H13F3N2O. The topological polar surface area (TPSA) is 53.8 Å². The number of nitrogens with zero attached hydrogens (tertiary/aromatic N) is 2. The Morgan fingerprint density at radius 3 is 2.62 bits per heavy atom. The van der Waals surface area contributed by atoms with E-state index in [0.717, 1.165) is 6.07 Å². The fourth-order valence-electron chi connectivity index (χ4n) is 2.44. The predicted octanol–water partition coefficient (Wildman–Crippen LogP) is 3.63. The molecular weight excluding hydrogens is 281 g/mol. The van der Waals surface area contributed by atoms with E-state index >= 15 is 0 Å². The Kier molecular flexibility index (Phi) is 3.62. The zero-order valence-electron chi connectivity index (χ0n) is 11.5. The van der Waals surface area contributed by atoms with Crippen molar-refractivity contribution in [1.82, 2.24) is 4.98 Å². The molecule has 0 aromatic carbocycles. The molecule has 1 unspecified atom stereocenters. The molecule has 110 valence electrons. The minimum atomic E-state index is -4.52. The van der Waals surface area contributed by atoms with E-state index in [1.807, 2.05) is 6.07 Å². The standard InChI is InChI=1S/C15H13F3N2O/c1-14(2)7-9(6-10(8-19)13(14)21)11-4-3-5-12(20-11)15(16,17)18/h3-6,9H,7H2,1-2H3. The lowest BCUT2D eigenvalue weighted by atomic mass is 9.71. The van der Waals surface area contributed by atoms with Crippen molar-refractivity contribution in [3.05, 3.63) is 41.2 Å². The lowest BCUT2D eigenvalue weighted by molar-refractivity contribution is -0.141. The van der Waals surface area contributed by atoms with Gasteiger partial charge in [0.1, 0.15) is 11.8 Å². The van der Waals surface area contributed by atoms with Gasteiger partial charge in [0, 0.05) is 17.0 Å². The van der Waals surface area contributed by atoms with Crippen molar-refractivity contribution < 1.29 is 18.0 Å². The van der Waals surface area contributed by atoms with E-state index in [1.54, 1.807) is 13.8 Å². The normalized spacial score (nSPS) is 21.6. The Labute approximate surface area is 120 Å². The Morgan fingerprint density at radius 2 is 2.05 bits per heavy atom. The number of carbonyl (C=O) groups excluding carboxylic acids is 1. The Hall–Kier alpha value is -2.16. The number of hydrogen-bond acceptors (Lipinski definition) is 3. The largest absolute Gasteiger partial charge is 0.433 e. The molecule has 0 radical (unpaired) electrons. The van der Waals surface area contributed by atoms with Gasteiger partial charge in [-0.15, -0.1) is 0 Å². The molecule has 0 spiro atoms. The van der Waals surface area contributed by atoms with Gasteiger partial charge in [-0.1, -0.05) is 26.0 Å². The minimum absolute atomic E-state index is 0.0181. The summed E-state index contributed by atoms with van der Waals surface area (Å²) in [6.45, 7) is 3.36. The molecule has 0 amide bonds. The van der Waals surface area contributed by atoms with E-state index in [4.69, 9.17) is 5.26 Å². The molecule has 1 aromatic heterocycles. The zero-order valence-corrected chi connectivity index (χ0v) is 11.5. The second-order valence-corrected chi connectivity index (χ2v) is 5.66. The number of halogens is 3. The fourth-order valence-corrected chi connectivity index (χ4v) is 2.44. The number of carbonyl (C=O) groups is 1. The summed E-state index contributed by atoms with van der Waals surface area (Å²) in [5.74, 6) is -0.761. The molecule has 2 rings (SSSR count). The molecule has 3 nitrogen and oxygen atoms in total. The van der Waals surface area contributed by atoms with Gasteiger partial charge in [0.05, 0.1) is 5.57 Å². The maximum absolute atomic E-state index is 12.7. The van der Waals surface area contributed by atoms with Gasteiger partial charge in [0.2, 0.25) is 0 Å². The summed E-state index contributed by atoms with van der Waals surface area (Å²) in [6.07, 6.45) is -2.78. The number of rotatable bonds is 1. The van der Waals surface area contributed by atoms with Crippen LogP contribution in [0.1, 0.15) is 37.6 Å². The highest BCUT2D eigenvalue weighted by molar-refractivity contribution is 6.03. The maximum atomic E-state index is 12.7. The number of hydrogen-bond donors (Lipinski definition) is 0. The summed E-state index contributed by atoms with van der Waals surface area (Å²) in [5, 5.41) is 9.00. The van der Waals surface area contributed by atoms with E-state index in [9.17, 15) is 18.0 Å². The van der Waals surface area contributed by atoms with Crippen molar-refractivity contribution in [2.75, 3.05) is 0 Å². The van der Waals surface area contributed by atoms with Crippen LogP contribution < -0.4 is 0 Å². The van der Waals surface area contributed by atoms with Crippen LogP contribution in [0.5, 0.6) is 0 Å². The minimum Gasteiger partial charge on any atom is -0.293 e. The number of Topliss-reactive ketones (excluding diaryl/α,β-unsaturated/α-hetero) is 1. The molecule has 1 aromatic rings. The van der Waals surface area contributed by atoms with E-state index < -0.39 is 23.2 Å². The molecule has 1 atom stereocenters. The summed E-state index contributed by atoms with van der Waals surface area (Å²) in [6, 6.07) is 5.49. The summed E-state index contributed by atoms with van der Waals surface area (Å²) in [4.78, 5) is 15.6. The first kappa shape index (κ1) is 15.2. The van der Waals surface area contributed by atoms with Crippen LogP contribution in [0.25, 0.3) is 0 Å². The predicted molar refractivity (Wildman–Crippen MR) is 69.1 cm³/mol. The van der Waals surface area contributed by atoms with Gasteiger partial charge in [0.15, 0.2) is 5.78 Å². The zero-order chi connectivity index (χ0) is 15.8. The van der Waals surface area contributed by atoms with Gasteiger partial charge < -0.3 is 0 Å². The molecule has 6 heteroatoms. The molecule has 0 bridgehead atoms. The number of aromatic nitrogens is 1. The van der Waals surface area contributed by atoms with Gasteiger partial charge in [-0.25, -0.2) is 4.98 Å². The summed E-state index contributed by atoms with van der Waals surface area (Å²) in [5.41, 5.74) is -1.56. The van der Waals surface area contributed by atoms with Crippen LogP contribution in [-0.4, -0.2) is 10.8 Å². The molecule has 1 aliphatic carbocycles. The summed E-state index contributed by atoms with van der Waals surface area (Å²) < 4.78 is 38.1. The van der Waals surface area contributed by atoms with E-state index in [-0.39, 0.29) is 17.1 Å². The van der Waals surface area contributed by atoms with Gasteiger partial charge >= 0.3 is 6.18 Å². The van der Waals surface area contributed by atoms with Gasteiger partial charge in [-0.2, -0.15) is 18.4 Å². The first-order valence-electron chi connectivity index (χ1n) is 6.36. The second-order valence-electron chi connectivity index (χ2n) is 5.66. The number of pyridine rings is 1. The summed E-state index contributed by atoms with van der Waals surface area (Å²) >= 11 is 0. The number of nitriles is 1. The van der Waals surface area contributed by atoms with Crippen molar-refractivity contribution in [3.8, 4) is 6.07 Å². The van der Waals surface area contributed by atoms with E-state index in [2.05, 4.69) is 4.98 Å². The van der Waals surface area contributed by atoms with E-state index in [0.29, 0.717) is 6.42 Å². The Morgan fingerprint density at radius 1 is 1.38 bits per heavy atom. The van der Waals surface area contributed by atoms with Crippen molar-refractivity contribution in [1.29, 1.82) is 5.26 Å². The lowest BCUT2D eigenvalue weighted by Crippen LogP contribution is -2.31. The lowest BCUT2D eigenvalue weighted by Gasteiger charge is -2.31. The van der Waals surface area contributed by atoms with Crippen molar-refractivity contribution >= 4 is 5.78 Å². The molecule has 0 saturated heterocycles. The van der Waals surface area contributed by atoms with Crippen molar-refractivity contribution in [3.63, 3.8) is 0 Å². The maximum Gasteiger partial charge on any atom is 0.433 e. The van der Waals surface area contributed by atoms with Crippen LogP contribution in [-0.2, 0) is 11.0 Å². The molecule has 21 heavy (non-hydrogen) atoms. The third-order valence-electron chi connectivity index (χ3n) is 3.52. The number of allylic oxidation sites excluding steroid dienone is 2.